The molecular formula is C14H14N6O5S. The van der Waals surface area contributed by atoms with Crippen molar-refractivity contribution in [1.29, 1.82) is 0 Å². The fourth-order valence-corrected chi connectivity index (χ4v) is 2.89. The largest absolute Gasteiger partial charge is 0.480 e. The predicted molar refractivity (Wildman–Crippen MR) is 93.0 cm³/mol. The van der Waals surface area contributed by atoms with E-state index in [1.165, 1.54) is 24.3 Å². The molecule has 0 fully saturated rings. The lowest BCUT2D eigenvalue weighted by Gasteiger charge is -2.10. The van der Waals surface area contributed by atoms with E-state index in [4.69, 9.17) is 15.6 Å². The van der Waals surface area contributed by atoms with Crippen LogP contribution < -0.4 is 19.9 Å². The third-order valence-corrected chi connectivity index (χ3v) is 4.16. The number of ether oxygens (including phenoxy) is 1. The van der Waals surface area contributed by atoms with Gasteiger partial charge in [-0.3, -0.25) is 9.52 Å². The van der Waals surface area contributed by atoms with Crippen LogP contribution in [0, 0.1) is 0 Å². The Bertz CT molecular complexity index is 1050. The number of carbonyl (C=O) groups is 1. The standard InChI is InChI=1S/C14H14N6O5S/c15-14-18-12-10(5-6-16-12)13(19-14)25-9-3-1-8(2-4-9)20-26(23,24)17-7-11(21)22/h1-6,17,20H,7H2,(H,21,22)(H3,15,16,18,19). The first kappa shape index (κ1) is 17.4. The highest BCUT2D eigenvalue weighted by molar-refractivity contribution is 7.90. The van der Waals surface area contributed by atoms with Crippen LogP contribution in [0.15, 0.2) is 36.5 Å². The van der Waals surface area contributed by atoms with Crippen LogP contribution in [0.4, 0.5) is 11.6 Å². The van der Waals surface area contributed by atoms with E-state index in [2.05, 4.69) is 19.7 Å². The number of hydrogen-bond acceptors (Lipinski definition) is 7. The normalized spacial score (nSPS) is 11.4. The number of aromatic amines is 1. The van der Waals surface area contributed by atoms with Crippen molar-refractivity contribution < 1.29 is 23.1 Å². The first-order valence-electron chi connectivity index (χ1n) is 7.20. The molecule has 11 nitrogen and oxygen atoms in total. The maximum absolute atomic E-state index is 11.7. The summed E-state index contributed by atoms with van der Waals surface area (Å²) in [4.78, 5) is 21.4. The number of rotatable bonds is 7. The van der Waals surface area contributed by atoms with E-state index in [1.807, 2.05) is 4.72 Å². The van der Waals surface area contributed by atoms with Crippen LogP contribution in [0.1, 0.15) is 0 Å². The van der Waals surface area contributed by atoms with Gasteiger partial charge in [0, 0.05) is 6.20 Å². The summed E-state index contributed by atoms with van der Waals surface area (Å²) in [6, 6.07) is 7.68. The molecule has 0 unspecified atom stereocenters. The Morgan fingerprint density at radius 1 is 1.23 bits per heavy atom. The number of carboxylic acids is 1. The molecule has 3 rings (SSSR count). The SMILES string of the molecule is Nc1nc(Oc2ccc(NS(=O)(=O)NCC(=O)O)cc2)c2cc[nH]c2n1. The molecule has 12 heteroatoms. The molecule has 136 valence electrons. The lowest BCUT2D eigenvalue weighted by molar-refractivity contribution is -0.135. The first-order valence-corrected chi connectivity index (χ1v) is 8.68. The second-order valence-electron chi connectivity index (χ2n) is 5.07. The van der Waals surface area contributed by atoms with Gasteiger partial charge in [0.15, 0.2) is 0 Å². The zero-order valence-corrected chi connectivity index (χ0v) is 13.9. The third kappa shape index (κ3) is 4.17. The number of hydrogen-bond donors (Lipinski definition) is 5. The van der Waals surface area contributed by atoms with Gasteiger partial charge in [-0.15, -0.1) is 0 Å². The van der Waals surface area contributed by atoms with E-state index in [0.29, 0.717) is 16.8 Å². The van der Waals surface area contributed by atoms with Crippen molar-refractivity contribution in [1.82, 2.24) is 19.7 Å². The summed E-state index contributed by atoms with van der Waals surface area (Å²) in [6.45, 7) is -0.724. The second-order valence-corrected chi connectivity index (χ2v) is 6.57. The summed E-state index contributed by atoms with van der Waals surface area (Å²) in [6.07, 6.45) is 1.67. The molecule has 0 spiro atoms. The van der Waals surface area contributed by atoms with Gasteiger partial charge in [-0.1, -0.05) is 0 Å². The van der Waals surface area contributed by atoms with Crippen LogP contribution in [0.2, 0.25) is 0 Å². The average Bonchev–Trinajstić information content (AvgIpc) is 3.03. The highest BCUT2D eigenvalue weighted by Crippen LogP contribution is 2.28. The van der Waals surface area contributed by atoms with Crippen molar-refractivity contribution >= 4 is 38.8 Å². The van der Waals surface area contributed by atoms with E-state index in [9.17, 15) is 13.2 Å². The van der Waals surface area contributed by atoms with E-state index >= 15 is 0 Å². The summed E-state index contributed by atoms with van der Waals surface area (Å²) in [5.74, 6) is -0.597. The number of carboxylic acid groups (broad SMARTS) is 1. The van der Waals surface area contributed by atoms with Gasteiger partial charge in [0.2, 0.25) is 11.8 Å². The predicted octanol–water partition coefficient (Wildman–Crippen LogP) is 0.663. The summed E-state index contributed by atoms with van der Waals surface area (Å²) < 4.78 is 33.1. The van der Waals surface area contributed by atoms with Crippen LogP contribution in [-0.2, 0) is 15.0 Å². The fourth-order valence-electron chi connectivity index (χ4n) is 2.06. The first-order chi connectivity index (χ1) is 12.3. The molecule has 0 bridgehead atoms. The average molecular weight is 378 g/mol. The number of benzene rings is 1. The molecule has 1 aromatic carbocycles. The van der Waals surface area contributed by atoms with E-state index in [-0.39, 0.29) is 17.5 Å². The van der Waals surface area contributed by atoms with Gasteiger partial charge >= 0.3 is 5.97 Å². The van der Waals surface area contributed by atoms with Crippen molar-refractivity contribution in [3.05, 3.63) is 36.5 Å². The van der Waals surface area contributed by atoms with Crippen molar-refractivity contribution in [3.63, 3.8) is 0 Å². The van der Waals surface area contributed by atoms with Gasteiger partial charge in [0.25, 0.3) is 10.2 Å². The smallest absolute Gasteiger partial charge is 0.318 e. The molecular weight excluding hydrogens is 364 g/mol. The second kappa shape index (κ2) is 6.85. The number of anilines is 2. The molecule has 0 aliphatic heterocycles. The number of nitrogens with one attached hydrogen (secondary N) is 3. The summed E-state index contributed by atoms with van der Waals surface area (Å²) in [7, 11) is -3.99. The molecule has 6 N–H and O–H groups in total. The summed E-state index contributed by atoms with van der Waals surface area (Å²) >= 11 is 0. The Morgan fingerprint density at radius 3 is 2.65 bits per heavy atom. The number of nitrogen functional groups attached to an aromatic ring is 1. The number of aliphatic carboxylic acids is 1. The van der Waals surface area contributed by atoms with Gasteiger partial charge in [0.05, 0.1) is 11.1 Å². The third-order valence-electron chi connectivity index (χ3n) is 3.13. The number of aromatic nitrogens is 3. The Balaban J connectivity index is 1.73. The van der Waals surface area contributed by atoms with Gasteiger partial charge in [-0.2, -0.15) is 23.1 Å². The van der Waals surface area contributed by atoms with Crippen LogP contribution in [0.5, 0.6) is 11.6 Å². The van der Waals surface area contributed by atoms with Gasteiger partial charge < -0.3 is 20.6 Å². The number of H-pyrrole nitrogens is 1. The monoisotopic (exact) mass is 378 g/mol. The zero-order chi connectivity index (χ0) is 18.7. The molecule has 0 saturated heterocycles. The Morgan fingerprint density at radius 2 is 1.96 bits per heavy atom. The highest BCUT2D eigenvalue weighted by atomic mass is 32.2. The molecule has 0 aliphatic rings. The zero-order valence-electron chi connectivity index (χ0n) is 13.1. The molecule has 26 heavy (non-hydrogen) atoms. The Kier molecular flexibility index (Phi) is 4.60. The molecule has 0 atom stereocenters. The molecule has 2 heterocycles. The molecule has 0 amide bonds. The maximum Gasteiger partial charge on any atom is 0.318 e. The lowest BCUT2D eigenvalue weighted by atomic mass is 10.3. The molecule has 2 aromatic heterocycles. The van der Waals surface area contributed by atoms with Gasteiger partial charge in [-0.25, -0.2) is 0 Å². The minimum Gasteiger partial charge on any atom is -0.480 e. The Hall–Kier alpha value is -3.38. The van der Waals surface area contributed by atoms with Crippen LogP contribution in [-0.4, -0.2) is 41.0 Å². The van der Waals surface area contributed by atoms with E-state index in [0.717, 1.165) is 0 Å². The summed E-state index contributed by atoms with van der Waals surface area (Å²) in [5, 5.41) is 9.15. The van der Waals surface area contributed by atoms with Crippen molar-refractivity contribution in [3.8, 4) is 11.6 Å². The van der Waals surface area contributed by atoms with Gasteiger partial charge in [-0.05, 0) is 30.3 Å². The van der Waals surface area contributed by atoms with E-state index < -0.39 is 22.7 Å². The molecule has 3 aromatic rings. The Labute approximate surface area is 147 Å². The van der Waals surface area contributed by atoms with Crippen molar-refractivity contribution in [2.45, 2.75) is 0 Å². The molecule has 0 saturated carbocycles. The van der Waals surface area contributed by atoms with Crippen molar-refractivity contribution in [2.24, 2.45) is 0 Å². The topological polar surface area (TPSA) is 172 Å². The molecule has 0 radical (unpaired) electrons. The quantitative estimate of drug-likeness (QED) is 0.399. The lowest BCUT2D eigenvalue weighted by Crippen LogP contribution is -2.34. The fraction of sp³-hybridized carbons (Fsp3) is 0.0714. The number of nitrogens with zero attached hydrogens (tertiary/aromatic N) is 2. The van der Waals surface area contributed by atoms with Crippen LogP contribution in [0.25, 0.3) is 11.0 Å². The maximum atomic E-state index is 11.7. The number of nitrogens with two attached hydrogens (primary N) is 1. The van der Waals surface area contributed by atoms with E-state index in [1.54, 1.807) is 12.3 Å². The van der Waals surface area contributed by atoms with Crippen LogP contribution >= 0.6 is 0 Å². The molecule has 0 aliphatic carbocycles. The highest BCUT2D eigenvalue weighted by Gasteiger charge is 2.12. The van der Waals surface area contributed by atoms with Crippen molar-refractivity contribution in [2.75, 3.05) is 17.0 Å². The van der Waals surface area contributed by atoms with Crippen LogP contribution in [0.3, 0.4) is 0 Å². The number of fused-ring (bicyclic) bond motifs is 1. The minimum absolute atomic E-state index is 0.0452. The van der Waals surface area contributed by atoms with Gasteiger partial charge in [0.1, 0.15) is 17.9 Å². The minimum atomic E-state index is -3.99. The summed E-state index contributed by atoms with van der Waals surface area (Å²) in [5.41, 5.74) is 6.39.